The number of hydrogen-bond acceptors (Lipinski definition) is 7. The quantitative estimate of drug-likeness (QED) is 0.204. The number of carbonyl (C=O) groups is 2. The Labute approximate surface area is 286 Å². The molecular formula is C38H44FN7O3. The molecule has 3 N–H and O–H groups in total. The zero-order valence-corrected chi connectivity index (χ0v) is 27.8. The molecule has 2 fully saturated rings. The van der Waals surface area contributed by atoms with Crippen LogP contribution in [0.25, 0.3) is 11.1 Å². The van der Waals surface area contributed by atoms with E-state index in [1.165, 1.54) is 5.56 Å². The zero-order chi connectivity index (χ0) is 33.6. The van der Waals surface area contributed by atoms with E-state index in [0.29, 0.717) is 24.3 Å². The molecule has 2 aromatic heterocycles. The molecule has 2 aromatic carbocycles. The van der Waals surface area contributed by atoms with E-state index >= 15 is 0 Å². The number of aromatic nitrogens is 3. The molecule has 0 radical (unpaired) electrons. The van der Waals surface area contributed by atoms with Crippen LogP contribution < -0.4 is 20.7 Å². The lowest BCUT2D eigenvalue weighted by Crippen LogP contribution is -2.44. The minimum Gasteiger partial charge on any atom is -0.438 e. The van der Waals surface area contributed by atoms with Gasteiger partial charge in [0.1, 0.15) is 22.8 Å². The molecule has 49 heavy (non-hydrogen) atoms. The molecular weight excluding hydrogens is 621 g/mol. The van der Waals surface area contributed by atoms with Crippen LogP contribution in [-0.4, -0.2) is 76.3 Å². The highest BCUT2D eigenvalue weighted by atomic mass is 19.1. The minimum atomic E-state index is -0.615. The molecule has 4 heterocycles. The van der Waals surface area contributed by atoms with Gasteiger partial charge >= 0.3 is 0 Å². The van der Waals surface area contributed by atoms with Gasteiger partial charge in [-0.2, -0.15) is 5.10 Å². The number of ether oxygens (including phenoxy) is 1. The van der Waals surface area contributed by atoms with Crippen LogP contribution in [-0.2, 0) is 19.4 Å². The van der Waals surface area contributed by atoms with Gasteiger partial charge in [0.05, 0.1) is 6.20 Å². The first-order chi connectivity index (χ1) is 24.0. The van der Waals surface area contributed by atoms with Crippen molar-refractivity contribution in [2.45, 2.75) is 70.0 Å². The summed E-state index contributed by atoms with van der Waals surface area (Å²) in [6.45, 7) is 6.37. The van der Waals surface area contributed by atoms with Gasteiger partial charge in [0.2, 0.25) is 5.88 Å². The Balaban J connectivity index is 0.926. The van der Waals surface area contributed by atoms with Gasteiger partial charge in [0, 0.05) is 50.5 Å². The van der Waals surface area contributed by atoms with E-state index in [2.05, 4.69) is 55.2 Å². The van der Waals surface area contributed by atoms with Crippen molar-refractivity contribution in [1.82, 2.24) is 35.6 Å². The van der Waals surface area contributed by atoms with Crippen molar-refractivity contribution in [2.24, 2.45) is 0 Å². The lowest BCUT2D eigenvalue weighted by Gasteiger charge is -2.29. The Morgan fingerprint density at radius 1 is 0.898 bits per heavy atom. The van der Waals surface area contributed by atoms with Gasteiger partial charge in [-0.05, 0) is 98.9 Å². The maximum atomic E-state index is 14.3. The van der Waals surface area contributed by atoms with E-state index < -0.39 is 11.7 Å². The van der Waals surface area contributed by atoms with E-state index in [4.69, 9.17) is 4.74 Å². The molecule has 2 amide bonds. The van der Waals surface area contributed by atoms with E-state index in [-0.39, 0.29) is 29.4 Å². The van der Waals surface area contributed by atoms with Gasteiger partial charge in [0.25, 0.3) is 11.8 Å². The van der Waals surface area contributed by atoms with Crippen molar-refractivity contribution in [1.29, 1.82) is 0 Å². The molecule has 3 aliphatic rings. The smallest absolute Gasteiger partial charge is 0.272 e. The number of fused-ring (bicyclic) bond motifs is 1. The third kappa shape index (κ3) is 8.34. The summed E-state index contributed by atoms with van der Waals surface area (Å²) in [5.41, 5.74) is 4.95. The number of benzene rings is 2. The standard InChI is InChI=1S/C38H44FN7O3/c39-29-23-34(36(47)42-30-12-14-31(15-13-30)43-37(48)35-24-32-6-3-19-46(32)44-35)38(41-25-29)49-33-7-1-5-28(22-33)27-10-8-26(9-11-27)4-2-18-45-20-16-40-17-21-45/h1,5,7-11,22-25,30-31,40H,2-4,6,12-21H2,(H,42,47)(H,43,48)/t30-,31+. The molecule has 1 saturated heterocycles. The van der Waals surface area contributed by atoms with Gasteiger partial charge in [0.15, 0.2) is 0 Å². The molecule has 0 atom stereocenters. The van der Waals surface area contributed by atoms with Gasteiger partial charge in [-0.25, -0.2) is 9.37 Å². The number of amides is 2. The van der Waals surface area contributed by atoms with Crippen LogP contribution in [0.3, 0.4) is 0 Å². The largest absolute Gasteiger partial charge is 0.438 e. The minimum absolute atomic E-state index is 0.0119. The summed E-state index contributed by atoms with van der Waals surface area (Å²) < 4.78 is 22.3. The number of aryl methyl sites for hydroxylation is 3. The first kappa shape index (κ1) is 32.9. The second kappa shape index (κ2) is 15.3. The van der Waals surface area contributed by atoms with E-state index in [9.17, 15) is 14.0 Å². The highest BCUT2D eigenvalue weighted by molar-refractivity contribution is 5.96. The second-order valence-corrected chi connectivity index (χ2v) is 13.4. The van der Waals surface area contributed by atoms with Crippen molar-refractivity contribution in [2.75, 3.05) is 32.7 Å². The summed E-state index contributed by atoms with van der Waals surface area (Å²) in [6, 6.07) is 19.2. The van der Waals surface area contributed by atoms with Crippen molar-refractivity contribution in [3.8, 4) is 22.8 Å². The Morgan fingerprint density at radius 3 is 2.41 bits per heavy atom. The third-order valence-electron chi connectivity index (χ3n) is 9.84. The molecule has 0 spiro atoms. The van der Waals surface area contributed by atoms with E-state index in [1.54, 1.807) is 6.07 Å². The maximum Gasteiger partial charge on any atom is 0.272 e. The topological polar surface area (TPSA) is 113 Å². The molecule has 1 saturated carbocycles. The predicted molar refractivity (Wildman–Crippen MR) is 185 cm³/mol. The van der Waals surface area contributed by atoms with Crippen LogP contribution in [0.15, 0.2) is 66.9 Å². The molecule has 2 aliphatic heterocycles. The fourth-order valence-electron chi connectivity index (χ4n) is 7.10. The lowest BCUT2D eigenvalue weighted by atomic mass is 9.91. The summed E-state index contributed by atoms with van der Waals surface area (Å²) in [7, 11) is 0. The van der Waals surface area contributed by atoms with Gasteiger partial charge in [-0.1, -0.05) is 36.4 Å². The van der Waals surface area contributed by atoms with Crippen LogP contribution >= 0.6 is 0 Å². The average molecular weight is 666 g/mol. The summed E-state index contributed by atoms with van der Waals surface area (Å²) in [4.78, 5) is 32.8. The normalized spacial score (nSPS) is 19.3. The van der Waals surface area contributed by atoms with Crippen molar-refractivity contribution >= 4 is 11.8 Å². The molecule has 0 bridgehead atoms. The number of carbonyl (C=O) groups excluding carboxylic acids is 2. The zero-order valence-electron chi connectivity index (χ0n) is 27.8. The number of rotatable bonds is 11. The molecule has 4 aromatic rings. The monoisotopic (exact) mass is 665 g/mol. The van der Waals surface area contributed by atoms with Crippen LogP contribution in [0.1, 0.15) is 70.6 Å². The highest BCUT2D eigenvalue weighted by Gasteiger charge is 2.27. The predicted octanol–water partition coefficient (Wildman–Crippen LogP) is 5.13. The van der Waals surface area contributed by atoms with Crippen LogP contribution in [0.2, 0.25) is 0 Å². The molecule has 11 heteroatoms. The second-order valence-electron chi connectivity index (χ2n) is 13.4. The summed E-state index contributed by atoms with van der Waals surface area (Å²) in [6.07, 6.45) is 8.07. The van der Waals surface area contributed by atoms with Crippen molar-refractivity contribution in [3.63, 3.8) is 0 Å². The van der Waals surface area contributed by atoms with Crippen molar-refractivity contribution in [3.05, 3.63) is 95.2 Å². The number of pyridine rings is 1. The number of nitrogens with zero attached hydrogens (tertiary/aromatic N) is 4. The summed E-state index contributed by atoms with van der Waals surface area (Å²) in [5, 5.41) is 14.0. The van der Waals surface area contributed by atoms with Crippen LogP contribution in [0, 0.1) is 5.82 Å². The first-order valence-electron chi connectivity index (χ1n) is 17.6. The molecule has 10 nitrogen and oxygen atoms in total. The lowest BCUT2D eigenvalue weighted by molar-refractivity contribution is 0.0887. The van der Waals surface area contributed by atoms with E-state index in [0.717, 1.165) is 107 Å². The number of hydrogen-bond donors (Lipinski definition) is 3. The van der Waals surface area contributed by atoms with Gasteiger partial charge in [-0.15, -0.1) is 0 Å². The van der Waals surface area contributed by atoms with Crippen LogP contribution in [0.5, 0.6) is 11.6 Å². The third-order valence-corrected chi connectivity index (χ3v) is 9.84. The number of nitrogens with one attached hydrogen (secondary N) is 3. The Morgan fingerprint density at radius 2 is 1.65 bits per heavy atom. The number of halogens is 1. The Kier molecular flexibility index (Phi) is 10.3. The van der Waals surface area contributed by atoms with Crippen molar-refractivity contribution < 1.29 is 18.7 Å². The maximum absolute atomic E-state index is 14.3. The fourth-order valence-corrected chi connectivity index (χ4v) is 7.10. The fraction of sp³-hybridized carbons (Fsp3) is 0.421. The Bertz CT molecular complexity index is 1740. The highest BCUT2D eigenvalue weighted by Crippen LogP contribution is 2.29. The summed E-state index contributed by atoms with van der Waals surface area (Å²) >= 11 is 0. The first-order valence-corrected chi connectivity index (χ1v) is 17.6. The van der Waals surface area contributed by atoms with Crippen LogP contribution in [0.4, 0.5) is 4.39 Å². The number of piperazine rings is 1. The molecule has 7 rings (SSSR count). The van der Waals surface area contributed by atoms with E-state index in [1.807, 2.05) is 28.9 Å². The molecule has 1 aliphatic carbocycles. The van der Waals surface area contributed by atoms with Gasteiger partial charge < -0.3 is 25.6 Å². The van der Waals surface area contributed by atoms with Gasteiger partial charge in [-0.3, -0.25) is 14.3 Å². The molecule has 0 unspecified atom stereocenters. The molecule has 256 valence electrons. The SMILES string of the molecule is O=C(N[C@H]1CC[C@@H](NC(=O)c2cc(F)cnc2Oc2cccc(-c3ccc(CCCN4CCNCC4)cc3)c2)CC1)c1cc2n(n1)CCC2. The average Bonchev–Trinajstić information content (AvgIpc) is 3.74. The Hall–Kier alpha value is -4.61. The summed E-state index contributed by atoms with van der Waals surface area (Å²) in [5.74, 6) is -0.657.